The number of carbonyl (C=O) groups excluding carboxylic acids is 1. The second-order valence-corrected chi connectivity index (χ2v) is 6.46. The van der Waals surface area contributed by atoms with Gasteiger partial charge in [-0.2, -0.15) is 13.2 Å². The topological polar surface area (TPSA) is 33.2 Å². The zero-order valence-corrected chi connectivity index (χ0v) is 13.0. The van der Waals surface area contributed by atoms with Gasteiger partial charge in [0, 0.05) is 36.1 Å². The fourth-order valence-corrected chi connectivity index (χ4v) is 3.55. The van der Waals surface area contributed by atoms with Gasteiger partial charge in [-0.3, -0.25) is 4.79 Å². The molecular formula is C16H15F3N2OS. The highest BCUT2D eigenvalue weighted by Gasteiger charge is 2.31. The fourth-order valence-electron chi connectivity index (χ4n) is 2.78. The Labute approximate surface area is 135 Å². The highest BCUT2D eigenvalue weighted by Crippen LogP contribution is 2.31. The molecule has 1 saturated heterocycles. The van der Waals surface area contributed by atoms with Crippen molar-refractivity contribution >= 4 is 17.2 Å². The molecule has 1 amide bonds. The molecule has 23 heavy (non-hydrogen) atoms. The van der Waals surface area contributed by atoms with E-state index in [0.29, 0.717) is 13.1 Å². The summed E-state index contributed by atoms with van der Waals surface area (Å²) in [4.78, 5) is 18.5. The van der Waals surface area contributed by atoms with E-state index in [1.165, 1.54) is 12.1 Å². The van der Waals surface area contributed by atoms with Gasteiger partial charge in [0.05, 0.1) is 10.6 Å². The Kier molecular flexibility index (Phi) is 4.39. The van der Waals surface area contributed by atoms with Crippen molar-refractivity contribution in [2.45, 2.75) is 24.9 Å². The summed E-state index contributed by atoms with van der Waals surface area (Å²) in [7, 11) is 0. The van der Waals surface area contributed by atoms with Crippen LogP contribution in [0.5, 0.6) is 0 Å². The fraction of sp³-hybridized carbons (Fsp3) is 0.375. The molecule has 2 heterocycles. The number of piperidine rings is 1. The summed E-state index contributed by atoms with van der Waals surface area (Å²) in [5.74, 6) is -0.0119. The van der Waals surface area contributed by atoms with Crippen molar-refractivity contribution in [2.75, 3.05) is 13.1 Å². The molecule has 0 spiro atoms. The summed E-state index contributed by atoms with van der Waals surface area (Å²) in [6.07, 6.45) is -0.791. The third kappa shape index (κ3) is 3.55. The number of likely N-dealkylation sites (tertiary alicyclic amines) is 1. The highest BCUT2D eigenvalue weighted by atomic mass is 32.1. The van der Waals surface area contributed by atoms with E-state index in [4.69, 9.17) is 0 Å². The molecule has 0 bridgehead atoms. The molecular weight excluding hydrogens is 325 g/mol. The number of halogens is 3. The van der Waals surface area contributed by atoms with Crippen LogP contribution in [0.1, 0.15) is 39.7 Å². The van der Waals surface area contributed by atoms with E-state index in [-0.39, 0.29) is 17.4 Å². The highest BCUT2D eigenvalue weighted by molar-refractivity contribution is 7.09. The molecule has 0 aliphatic carbocycles. The number of benzene rings is 1. The van der Waals surface area contributed by atoms with Gasteiger partial charge < -0.3 is 4.90 Å². The first-order chi connectivity index (χ1) is 10.9. The number of aromatic nitrogens is 1. The first-order valence-electron chi connectivity index (χ1n) is 7.31. The van der Waals surface area contributed by atoms with E-state index < -0.39 is 11.7 Å². The molecule has 3 nitrogen and oxygen atoms in total. The summed E-state index contributed by atoms with van der Waals surface area (Å²) < 4.78 is 37.7. The van der Waals surface area contributed by atoms with Gasteiger partial charge in [-0.05, 0) is 37.1 Å². The van der Waals surface area contributed by atoms with Gasteiger partial charge in [0.15, 0.2) is 0 Å². The Hall–Kier alpha value is -1.89. The standard InChI is InChI=1S/C16H15F3N2OS/c17-16(18,19)13-5-3-11(4-6-13)15(22)21-8-1-2-12(10-21)14-20-7-9-23-14/h3-7,9,12H,1-2,8,10H2/t12-/m0/s1. The van der Waals surface area contributed by atoms with Gasteiger partial charge in [-0.1, -0.05) is 0 Å². The van der Waals surface area contributed by atoms with E-state index in [1.54, 1.807) is 22.4 Å². The second-order valence-electron chi connectivity index (χ2n) is 5.54. The molecule has 1 aliphatic rings. The Morgan fingerprint density at radius 3 is 2.61 bits per heavy atom. The van der Waals surface area contributed by atoms with Crippen molar-refractivity contribution in [3.8, 4) is 0 Å². The molecule has 3 rings (SSSR count). The van der Waals surface area contributed by atoms with Crippen molar-refractivity contribution in [1.29, 1.82) is 0 Å². The van der Waals surface area contributed by atoms with Gasteiger partial charge in [-0.15, -0.1) is 11.3 Å². The van der Waals surface area contributed by atoms with E-state index in [0.717, 1.165) is 30.0 Å². The predicted octanol–water partition coefficient (Wildman–Crippen LogP) is 4.18. The predicted molar refractivity (Wildman–Crippen MR) is 81.4 cm³/mol. The minimum Gasteiger partial charge on any atom is -0.338 e. The summed E-state index contributed by atoms with van der Waals surface area (Å²) in [6, 6.07) is 4.40. The van der Waals surface area contributed by atoms with E-state index in [2.05, 4.69) is 4.98 Å². The Morgan fingerprint density at radius 1 is 1.26 bits per heavy atom. The number of carbonyl (C=O) groups is 1. The number of rotatable bonds is 2. The van der Waals surface area contributed by atoms with Gasteiger partial charge in [-0.25, -0.2) is 4.98 Å². The molecule has 1 aromatic carbocycles. The monoisotopic (exact) mass is 340 g/mol. The maximum absolute atomic E-state index is 12.6. The maximum Gasteiger partial charge on any atom is 0.416 e. The van der Waals surface area contributed by atoms with Crippen LogP contribution in [-0.2, 0) is 6.18 Å². The van der Waals surface area contributed by atoms with Crippen LogP contribution >= 0.6 is 11.3 Å². The van der Waals surface area contributed by atoms with Crippen LogP contribution in [0.25, 0.3) is 0 Å². The summed E-state index contributed by atoms with van der Waals surface area (Å²) in [5, 5.41) is 2.92. The van der Waals surface area contributed by atoms with Crippen LogP contribution in [0, 0.1) is 0 Å². The largest absolute Gasteiger partial charge is 0.416 e. The average Bonchev–Trinajstić information content (AvgIpc) is 3.08. The lowest BCUT2D eigenvalue weighted by Gasteiger charge is -2.32. The normalized spacial score (nSPS) is 18.9. The smallest absolute Gasteiger partial charge is 0.338 e. The van der Waals surface area contributed by atoms with Crippen LogP contribution in [0.15, 0.2) is 35.8 Å². The van der Waals surface area contributed by atoms with E-state index >= 15 is 0 Å². The first-order valence-corrected chi connectivity index (χ1v) is 8.19. The Morgan fingerprint density at radius 2 is 2.00 bits per heavy atom. The van der Waals surface area contributed by atoms with Crippen molar-refractivity contribution in [1.82, 2.24) is 9.88 Å². The molecule has 0 unspecified atom stereocenters. The SMILES string of the molecule is O=C(c1ccc(C(F)(F)F)cc1)N1CCC[C@H](c2nccs2)C1. The van der Waals surface area contributed by atoms with Crippen LogP contribution in [0.3, 0.4) is 0 Å². The lowest BCUT2D eigenvalue weighted by molar-refractivity contribution is -0.137. The second kappa shape index (κ2) is 6.31. The first kappa shape index (κ1) is 16.0. The number of alkyl halides is 3. The molecule has 1 aromatic heterocycles. The van der Waals surface area contributed by atoms with E-state index in [9.17, 15) is 18.0 Å². The minimum absolute atomic E-state index is 0.210. The van der Waals surface area contributed by atoms with Gasteiger partial charge in [0.1, 0.15) is 0 Å². The molecule has 7 heteroatoms. The number of hydrogen-bond acceptors (Lipinski definition) is 3. The average molecular weight is 340 g/mol. The number of thiazole rings is 1. The number of nitrogens with zero attached hydrogens (tertiary/aromatic N) is 2. The minimum atomic E-state index is -4.39. The third-order valence-corrected chi connectivity index (χ3v) is 4.91. The van der Waals surface area contributed by atoms with E-state index in [1.807, 2.05) is 5.38 Å². The van der Waals surface area contributed by atoms with Crippen LogP contribution in [0.4, 0.5) is 13.2 Å². The molecule has 0 radical (unpaired) electrons. The summed E-state index contributed by atoms with van der Waals surface area (Å²) in [5.41, 5.74) is -0.453. The summed E-state index contributed by atoms with van der Waals surface area (Å²) in [6.45, 7) is 1.19. The van der Waals surface area contributed by atoms with Crippen molar-refractivity contribution < 1.29 is 18.0 Å². The molecule has 1 fully saturated rings. The Balaban J connectivity index is 1.72. The molecule has 2 aromatic rings. The van der Waals surface area contributed by atoms with Crippen molar-refractivity contribution in [3.63, 3.8) is 0 Å². The maximum atomic E-state index is 12.6. The van der Waals surface area contributed by atoms with Crippen molar-refractivity contribution in [3.05, 3.63) is 52.0 Å². The quantitative estimate of drug-likeness (QED) is 0.822. The molecule has 1 aliphatic heterocycles. The van der Waals surface area contributed by atoms with Crippen LogP contribution < -0.4 is 0 Å². The lowest BCUT2D eigenvalue weighted by atomic mass is 9.98. The lowest BCUT2D eigenvalue weighted by Crippen LogP contribution is -2.39. The number of hydrogen-bond donors (Lipinski definition) is 0. The van der Waals surface area contributed by atoms with Gasteiger partial charge in [0.2, 0.25) is 0 Å². The molecule has 0 saturated carbocycles. The van der Waals surface area contributed by atoms with Crippen LogP contribution in [0.2, 0.25) is 0 Å². The molecule has 1 atom stereocenters. The zero-order valence-electron chi connectivity index (χ0n) is 12.2. The molecule has 122 valence electrons. The third-order valence-electron chi connectivity index (χ3n) is 3.97. The number of amides is 1. The van der Waals surface area contributed by atoms with Crippen LogP contribution in [-0.4, -0.2) is 28.9 Å². The Bertz CT molecular complexity index is 668. The zero-order chi connectivity index (χ0) is 16.4. The van der Waals surface area contributed by atoms with Gasteiger partial charge >= 0.3 is 6.18 Å². The molecule has 0 N–H and O–H groups in total. The van der Waals surface area contributed by atoms with Gasteiger partial charge in [0.25, 0.3) is 5.91 Å². The van der Waals surface area contributed by atoms with Crippen molar-refractivity contribution in [2.24, 2.45) is 0 Å². The summed E-state index contributed by atoms with van der Waals surface area (Å²) >= 11 is 1.57.